The summed E-state index contributed by atoms with van der Waals surface area (Å²) >= 11 is 0. The number of para-hydroxylation sites is 1. The van der Waals surface area contributed by atoms with Crippen LogP contribution in [-0.2, 0) is 4.79 Å². The zero-order valence-electron chi connectivity index (χ0n) is 12.3. The summed E-state index contributed by atoms with van der Waals surface area (Å²) in [6, 6.07) is 8.77. The summed E-state index contributed by atoms with van der Waals surface area (Å²) in [6.45, 7) is 2.24. The number of carboxylic acid groups (broad SMARTS) is 1. The minimum absolute atomic E-state index is 0.260. The summed E-state index contributed by atoms with van der Waals surface area (Å²) in [5.74, 6) is -1.21. The van der Waals surface area contributed by atoms with E-state index in [0.717, 1.165) is 5.69 Å². The van der Waals surface area contributed by atoms with Crippen molar-refractivity contribution in [3.8, 4) is 5.69 Å². The molecule has 1 saturated heterocycles. The first kappa shape index (κ1) is 14.3. The van der Waals surface area contributed by atoms with Gasteiger partial charge in [-0.15, -0.1) is 0 Å². The van der Waals surface area contributed by atoms with Gasteiger partial charge >= 0.3 is 5.97 Å². The summed E-state index contributed by atoms with van der Waals surface area (Å²) in [6.07, 6.45) is 2.89. The van der Waals surface area contributed by atoms with Gasteiger partial charge in [0.05, 0.1) is 16.9 Å². The summed E-state index contributed by atoms with van der Waals surface area (Å²) < 4.78 is 1.65. The van der Waals surface area contributed by atoms with Crippen LogP contribution >= 0.6 is 0 Å². The van der Waals surface area contributed by atoms with Gasteiger partial charge in [0.25, 0.3) is 5.91 Å². The summed E-state index contributed by atoms with van der Waals surface area (Å²) in [7, 11) is 0. The fraction of sp³-hybridized carbons (Fsp3) is 0.312. The second-order valence-electron chi connectivity index (χ2n) is 5.40. The number of rotatable bonds is 3. The van der Waals surface area contributed by atoms with E-state index in [0.29, 0.717) is 30.6 Å². The average Bonchev–Trinajstić information content (AvgIpc) is 3.14. The lowest BCUT2D eigenvalue weighted by Gasteiger charge is -2.20. The first-order valence-electron chi connectivity index (χ1n) is 7.23. The number of likely N-dealkylation sites (tertiary alicyclic amines) is 1. The fourth-order valence-electron chi connectivity index (χ4n) is 2.80. The molecular formula is C16H17N3O3. The Labute approximate surface area is 128 Å². The summed E-state index contributed by atoms with van der Waals surface area (Å²) in [4.78, 5) is 25.3. The lowest BCUT2D eigenvalue weighted by Crippen LogP contribution is -2.40. The van der Waals surface area contributed by atoms with Crippen molar-refractivity contribution < 1.29 is 14.7 Å². The highest BCUT2D eigenvalue weighted by Crippen LogP contribution is 2.22. The highest BCUT2D eigenvalue weighted by atomic mass is 16.4. The molecule has 0 saturated carbocycles. The molecule has 2 aromatic rings. The second-order valence-corrected chi connectivity index (χ2v) is 5.40. The molecular weight excluding hydrogens is 282 g/mol. The van der Waals surface area contributed by atoms with Gasteiger partial charge in [-0.25, -0.2) is 9.48 Å². The van der Waals surface area contributed by atoms with Crippen molar-refractivity contribution in [2.45, 2.75) is 25.8 Å². The average molecular weight is 299 g/mol. The number of aryl methyl sites for hydroxylation is 1. The normalized spacial score (nSPS) is 17.7. The summed E-state index contributed by atoms with van der Waals surface area (Å²) in [5.41, 5.74) is 1.92. The molecule has 0 unspecified atom stereocenters. The van der Waals surface area contributed by atoms with Gasteiger partial charge in [-0.2, -0.15) is 5.10 Å². The molecule has 22 heavy (non-hydrogen) atoms. The van der Waals surface area contributed by atoms with E-state index in [1.165, 1.54) is 4.90 Å². The first-order chi connectivity index (χ1) is 10.6. The van der Waals surface area contributed by atoms with Crippen LogP contribution in [0.3, 0.4) is 0 Å². The number of hydrogen-bond donors (Lipinski definition) is 1. The molecule has 1 aromatic heterocycles. The van der Waals surface area contributed by atoms with Crippen molar-refractivity contribution in [2.24, 2.45) is 0 Å². The lowest BCUT2D eigenvalue weighted by atomic mass is 10.2. The Balaban J connectivity index is 1.91. The predicted octanol–water partition coefficient (Wildman–Crippen LogP) is 1.87. The van der Waals surface area contributed by atoms with Crippen LogP contribution in [0.4, 0.5) is 0 Å². The Bertz CT molecular complexity index is 709. The maximum Gasteiger partial charge on any atom is 0.326 e. The van der Waals surface area contributed by atoms with Crippen LogP contribution in [0.15, 0.2) is 36.5 Å². The smallest absolute Gasteiger partial charge is 0.326 e. The van der Waals surface area contributed by atoms with E-state index in [2.05, 4.69) is 5.10 Å². The number of carbonyl (C=O) groups is 2. The van der Waals surface area contributed by atoms with Crippen molar-refractivity contribution in [2.75, 3.05) is 6.54 Å². The molecule has 2 heterocycles. The van der Waals surface area contributed by atoms with Gasteiger partial charge in [-0.3, -0.25) is 4.79 Å². The lowest BCUT2D eigenvalue weighted by molar-refractivity contribution is -0.141. The molecule has 1 aliphatic rings. The maximum absolute atomic E-state index is 12.6. The molecule has 114 valence electrons. The third-order valence-corrected chi connectivity index (χ3v) is 3.95. The largest absolute Gasteiger partial charge is 0.480 e. The van der Waals surface area contributed by atoms with E-state index >= 15 is 0 Å². The van der Waals surface area contributed by atoms with Gasteiger partial charge in [-0.1, -0.05) is 18.2 Å². The van der Waals surface area contributed by atoms with Gasteiger partial charge in [0.2, 0.25) is 0 Å². The summed E-state index contributed by atoms with van der Waals surface area (Å²) in [5, 5.41) is 13.6. The van der Waals surface area contributed by atoms with Gasteiger partial charge < -0.3 is 10.0 Å². The molecule has 6 nitrogen and oxygen atoms in total. The molecule has 1 aliphatic heterocycles. The topological polar surface area (TPSA) is 75.4 Å². The number of carbonyl (C=O) groups excluding carboxylic acids is 1. The van der Waals surface area contributed by atoms with Crippen molar-refractivity contribution >= 4 is 11.9 Å². The van der Waals surface area contributed by atoms with Crippen molar-refractivity contribution in [1.29, 1.82) is 0 Å². The molecule has 0 spiro atoms. The number of nitrogens with zero attached hydrogens (tertiary/aromatic N) is 3. The van der Waals surface area contributed by atoms with E-state index in [-0.39, 0.29) is 5.91 Å². The van der Waals surface area contributed by atoms with Crippen LogP contribution in [0.1, 0.15) is 28.9 Å². The zero-order chi connectivity index (χ0) is 15.7. The van der Waals surface area contributed by atoms with Crippen LogP contribution in [0.25, 0.3) is 5.69 Å². The standard InChI is InChI=1S/C16H17N3O3/c1-11-13(10-19(17-11)12-6-3-2-4-7-12)15(20)18-9-5-8-14(18)16(21)22/h2-4,6-7,10,14H,5,8-9H2,1H3,(H,21,22)/t14-/m1/s1. The van der Waals surface area contributed by atoms with Crippen molar-refractivity contribution in [3.05, 3.63) is 47.8 Å². The van der Waals surface area contributed by atoms with Crippen molar-refractivity contribution in [1.82, 2.24) is 14.7 Å². The van der Waals surface area contributed by atoms with Crippen LogP contribution in [0, 0.1) is 6.92 Å². The van der Waals surface area contributed by atoms with Gasteiger partial charge in [0.15, 0.2) is 0 Å². The molecule has 1 fully saturated rings. The minimum atomic E-state index is -0.945. The molecule has 1 amide bonds. The Kier molecular flexibility index (Phi) is 3.66. The maximum atomic E-state index is 12.6. The van der Waals surface area contributed by atoms with E-state index in [1.54, 1.807) is 17.8 Å². The number of hydrogen-bond acceptors (Lipinski definition) is 3. The Hall–Kier alpha value is -2.63. The number of benzene rings is 1. The minimum Gasteiger partial charge on any atom is -0.480 e. The van der Waals surface area contributed by atoms with Gasteiger partial charge in [-0.05, 0) is 31.9 Å². The Morgan fingerprint density at radius 3 is 2.68 bits per heavy atom. The Morgan fingerprint density at radius 1 is 1.27 bits per heavy atom. The van der Waals surface area contributed by atoms with E-state index in [9.17, 15) is 14.7 Å². The van der Waals surface area contributed by atoms with Gasteiger partial charge in [0, 0.05) is 12.7 Å². The third kappa shape index (κ3) is 2.47. The SMILES string of the molecule is Cc1nn(-c2ccccc2)cc1C(=O)N1CCC[C@@H]1C(=O)O. The molecule has 1 atom stereocenters. The highest BCUT2D eigenvalue weighted by molar-refractivity contribution is 5.97. The molecule has 0 radical (unpaired) electrons. The zero-order valence-corrected chi connectivity index (χ0v) is 12.3. The molecule has 1 N–H and O–H groups in total. The van der Waals surface area contributed by atoms with Crippen LogP contribution in [-0.4, -0.2) is 44.3 Å². The van der Waals surface area contributed by atoms with Crippen LogP contribution in [0.5, 0.6) is 0 Å². The highest BCUT2D eigenvalue weighted by Gasteiger charge is 2.35. The van der Waals surface area contributed by atoms with Gasteiger partial charge in [0.1, 0.15) is 6.04 Å². The fourth-order valence-corrected chi connectivity index (χ4v) is 2.80. The quantitative estimate of drug-likeness (QED) is 0.938. The predicted molar refractivity (Wildman–Crippen MR) is 80.0 cm³/mol. The number of aromatic nitrogens is 2. The number of aliphatic carboxylic acids is 1. The molecule has 3 rings (SSSR count). The van der Waals surface area contributed by atoms with Crippen LogP contribution in [0.2, 0.25) is 0 Å². The van der Waals surface area contributed by atoms with E-state index in [4.69, 9.17) is 0 Å². The third-order valence-electron chi connectivity index (χ3n) is 3.95. The molecule has 0 bridgehead atoms. The Morgan fingerprint density at radius 2 is 2.00 bits per heavy atom. The molecule has 1 aromatic carbocycles. The monoisotopic (exact) mass is 299 g/mol. The van der Waals surface area contributed by atoms with Crippen LogP contribution < -0.4 is 0 Å². The molecule has 6 heteroatoms. The number of carboxylic acids is 1. The number of amides is 1. The second kappa shape index (κ2) is 5.63. The van der Waals surface area contributed by atoms with E-state index < -0.39 is 12.0 Å². The van der Waals surface area contributed by atoms with Crippen molar-refractivity contribution in [3.63, 3.8) is 0 Å². The molecule has 0 aliphatic carbocycles. The van der Waals surface area contributed by atoms with E-state index in [1.807, 2.05) is 30.3 Å². The first-order valence-corrected chi connectivity index (χ1v) is 7.23.